The van der Waals surface area contributed by atoms with Crippen molar-refractivity contribution in [2.75, 3.05) is 0 Å². The summed E-state index contributed by atoms with van der Waals surface area (Å²) in [7, 11) is 0. The number of Topliss-reactive ketones (excluding diaryl/α,β-unsaturated/α-hetero) is 1. The number of rotatable bonds is 0. The fourth-order valence-corrected chi connectivity index (χ4v) is 5.00. The van der Waals surface area contributed by atoms with Crippen molar-refractivity contribution in [1.29, 1.82) is 0 Å². The minimum Gasteiger partial charge on any atom is -0.299 e. The Bertz CT molecular complexity index is 476. The van der Waals surface area contributed by atoms with Crippen LogP contribution < -0.4 is 0 Å². The molecule has 2 fully saturated rings. The molecule has 0 bridgehead atoms. The summed E-state index contributed by atoms with van der Waals surface area (Å²) in [5, 5.41) is 0. The van der Waals surface area contributed by atoms with Gasteiger partial charge in [0.25, 0.3) is 0 Å². The van der Waals surface area contributed by atoms with Gasteiger partial charge in [0.1, 0.15) is 5.78 Å². The van der Waals surface area contributed by atoms with Crippen LogP contribution in [-0.4, -0.2) is 11.6 Å². The molecule has 0 saturated heterocycles. The molecule has 19 heavy (non-hydrogen) atoms. The first-order valence-electron chi connectivity index (χ1n) is 7.65. The third kappa shape index (κ3) is 1.75. The van der Waals surface area contributed by atoms with E-state index in [1.807, 2.05) is 6.08 Å². The minimum atomic E-state index is 0.0798. The van der Waals surface area contributed by atoms with E-state index in [-0.39, 0.29) is 16.7 Å². The number of carbonyl (C=O) groups excluding carboxylic acids is 2. The Labute approximate surface area is 115 Å². The maximum atomic E-state index is 12.0. The van der Waals surface area contributed by atoms with E-state index in [0.29, 0.717) is 30.3 Å². The lowest BCUT2D eigenvalue weighted by Gasteiger charge is -2.57. The molecule has 0 aliphatic heterocycles. The van der Waals surface area contributed by atoms with Gasteiger partial charge in [-0.25, -0.2) is 0 Å². The van der Waals surface area contributed by atoms with Gasteiger partial charge in [-0.15, -0.1) is 0 Å². The molecule has 0 aromatic rings. The van der Waals surface area contributed by atoms with Gasteiger partial charge in [0.05, 0.1) is 0 Å². The highest BCUT2D eigenvalue weighted by Crippen LogP contribution is 2.62. The predicted molar refractivity (Wildman–Crippen MR) is 74.7 cm³/mol. The largest absolute Gasteiger partial charge is 0.299 e. The smallest absolute Gasteiger partial charge is 0.155 e. The Hall–Kier alpha value is -0.920. The molecule has 2 nitrogen and oxygen atoms in total. The average molecular weight is 260 g/mol. The summed E-state index contributed by atoms with van der Waals surface area (Å²) in [5.41, 5.74) is 1.65. The highest BCUT2D eigenvalue weighted by molar-refractivity contribution is 5.92. The quantitative estimate of drug-likeness (QED) is 0.665. The number of ketones is 2. The van der Waals surface area contributed by atoms with Gasteiger partial charge in [0.15, 0.2) is 5.78 Å². The number of allylic oxidation sites excluding steroid dienone is 2. The van der Waals surface area contributed by atoms with E-state index >= 15 is 0 Å². The van der Waals surface area contributed by atoms with Gasteiger partial charge in [0, 0.05) is 18.8 Å². The standard InChI is InChI=1S/C17H24O2/c1-11-13-5-8-16(2)7-4-12(18)10-15(16)17(13,3)9-6-14(11)19/h10-11,13H,4-9H2,1-3H3. The molecule has 2 saturated carbocycles. The Morgan fingerprint density at radius 2 is 1.84 bits per heavy atom. The summed E-state index contributed by atoms with van der Waals surface area (Å²) in [6.45, 7) is 6.73. The van der Waals surface area contributed by atoms with Crippen molar-refractivity contribution in [2.45, 2.75) is 59.3 Å². The zero-order valence-corrected chi connectivity index (χ0v) is 12.3. The molecule has 104 valence electrons. The van der Waals surface area contributed by atoms with Crippen molar-refractivity contribution < 1.29 is 9.59 Å². The van der Waals surface area contributed by atoms with Crippen molar-refractivity contribution in [3.05, 3.63) is 11.6 Å². The third-order valence-corrected chi connectivity index (χ3v) is 6.32. The Morgan fingerprint density at radius 3 is 2.58 bits per heavy atom. The van der Waals surface area contributed by atoms with Crippen molar-refractivity contribution >= 4 is 11.6 Å². The van der Waals surface area contributed by atoms with Crippen LogP contribution in [0.4, 0.5) is 0 Å². The van der Waals surface area contributed by atoms with E-state index in [1.54, 1.807) is 0 Å². The topological polar surface area (TPSA) is 34.1 Å². The molecule has 0 N–H and O–H groups in total. The molecule has 3 rings (SSSR count). The normalized spacial score (nSPS) is 46.4. The van der Waals surface area contributed by atoms with Gasteiger partial charge >= 0.3 is 0 Å². The van der Waals surface area contributed by atoms with Crippen molar-refractivity contribution in [2.24, 2.45) is 22.7 Å². The monoisotopic (exact) mass is 260 g/mol. The van der Waals surface area contributed by atoms with E-state index in [2.05, 4.69) is 20.8 Å². The van der Waals surface area contributed by atoms with E-state index in [0.717, 1.165) is 25.7 Å². The van der Waals surface area contributed by atoms with Crippen LogP contribution in [0.15, 0.2) is 11.6 Å². The van der Waals surface area contributed by atoms with Crippen LogP contribution >= 0.6 is 0 Å². The highest BCUT2D eigenvalue weighted by atomic mass is 16.1. The molecule has 0 radical (unpaired) electrons. The van der Waals surface area contributed by atoms with Gasteiger partial charge < -0.3 is 0 Å². The molecule has 4 atom stereocenters. The molecule has 3 aliphatic carbocycles. The molecule has 4 unspecified atom stereocenters. The van der Waals surface area contributed by atoms with Crippen LogP contribution in [0.3, 0.4) is 0 Å². The summed E-state index contributed by atoms with van der Waals surface area (Å²) in [5.74, 6) is 1.33. The molecule has 3 aliphatic rings. The maximum Gasteiger partial charge on any atom is 0.155 e. The Balaban J connectivity index is 2.06. The van der Waals surface area contributed by atoms with Crippen LogP contribution in [0.1, 0.15) is 59.3 Å². The lowest BCUT2D eigenvalue weighted by molar-refractivity contribution is -0.131. The SMILES string of the molecule is CC1C(=O)CCC2(C)C3=CC(=O)CCC3(C)CCC12. The molecule has 0 aromatic heterocycles. The van der Waals surface area contributed by atoms with E-state index in [1.165, 1.54) is 5.57 Å². The summed E-state index contributed by atoms with van der Waals surface area (Å²) in [6, 6.07) is 0. The van der Waals surface area contributed by atoms with Crippen molar-refractivity contribution in [3.63, 3.8) is 0 Å². The second-order valence-corrected chi connectivity index (χ2v) is 7.40. The molecule has 0 heterocycles. The Kier molecular flexibility index (Phi) is 2.78. The maximum absolute atomic E-state index is 12.0. The van der Waals surface area contributed by atoms with Crippen molar-refractivity contribution in [1.82, 2.24) is 0 Å². The third-order valence-electron chi connectivity index (χ3n) is 6.32. The lowest BCUT2D eigenvalue weighted by Crippen LogP contribution is -2.50. The van der Waals surface area contributed by atoms with Crippen LogP contribution in [0.25, 0.3) is 0 Å². The van der Waals surface area contributed by atoms with Gasteiger partial charge in [-0.1, -0.05) is 26.3 Å². The summed E-state index contributed by atoms with van der Waals surface area (Å²) in [4.78, 5) is 23.9. The zero-order valence-electron chi connectivity index (χ0n) is 12.3. The van der Waals surface area contributed by atoms with Crippen molar-refractivity contribution in [3.8, 4) is 0 Å². The van der Waals surface area contributed by atoms with Crippen LogP contribution in [-0.2, 0) is 9.59 Å². The van der Waals surface area contributed by atoms with Gasteiger partial charge in [-0.05, 0) is 48.5 Å². The molecule has 0 spiro atoms. The first kappa shape index (κ1) is 13.1. The second kappa shape index (κ2) is 4.04. The van der Waals surface area contributed by atoms with Crippen LogP contribution in [0.2, 0.25) is 0 Å². The lowest BCUT2D eigenvalue weighted by atomic mass is 9.47. The molecule has 0 aromatic carbocycles. The van der Waals surface area contributed by atoms with Crippen LogP contribution in [0.5, 0.6) is 0 Å². The summed E-state index contributed by atoms with van der Waals surface area (Å²) in [6.07, 6.45) is 7.57. The highest BCUT2D eigenvalue weighted by Gasteiger charge is 2.54. The molecular formula is C17H24O2. The number of hydrogen-bond donors (Lipinski definition) is 0. The summed E-state index contributed by atoms with van der Waals surface area (Å²) < 4.78 is 0. The fraction of sp³-hybridized carbons (Fsp3) is 0.765. The number of carbonyl (C=O) groups is 2. The second-order valence-electron chi connectivity index (χ2n) is 7.40. The van der Waals surface area contributed by atoms with E-state index in [9.17, 15) is 9.59 Å². The van der Waals surface area contributed by atoms with Gasteiger partial charge in [0.2, 0.25) is 0 Å². The molecule has 2 heteroatoms. The number of hydrogen-bond acceptors (Lipinski definition) is 2. The average Bonchev–Trinajstić information content (AvgIpc) is 2.37. The van der Waals surface area contributed by atoms with Crippen LogP contribution in [0, 0.1) is 22.7 Å². The zero-order chi connectivity index (χ0) is 13.8. The van der Waals surface area contributed by atoms with Gasteiger partial charge in [-0.3, -0.25) is 9.59 Å². The first-order valence-corrected chi connectivity index (χ1v) is 7.65. The molecular weight excluding hydrogens is 236 g/mol. The van der Waals surface area contributed by atoms with E-state index in [4.69, 9.17) is 0 Å². The predicted octanol–water partition coefficient (Wildman–Crippen LogP) is 3.70. The minimum absolute atomic E-state index is 0.0798. The Morgan fingerprint density at radius 1 is 1.11 bits per heavy atom. The number of fused-ring (bicyclic) bond motifs is 3. The first-order chi connectivity index (χ1) is 8.87. The van der Waals surface area contributed by atoms with E-state index < -0.39 is 0 Å². The van der Waals surface area contributed by atoms with Gasteiger partial charge in [-0.2, -0.15) is 0 Å². The fourth-order valence-electron chi connectivity index (χ4n) is 5.00. The summed E-state index contributed by atoms with van der Waals surface area (Å²) >= 11 is 0. The molecule has 0 amide bonds.